The highest BCUT2D eigenvalue weighted by Gasteiger charge is 2.25. The SMILES string of the molecule is O=C(NCC1CCOCC1)[C@H](Nc1ccc2c(c1)CNC2)c1cc(Cl)cc2[nH]ncc12. The van der Waals surface area contributed by atoms with Gasteiger partial charge in [-0.1, -0.05) is 17.7 Å². The van der Waals surface area contributed by atoms with Crippen molar-refractivity contribution in [2.75, 3.05) is 25.1 Å². The second-order valence-corrected chi connectivity index (χ2v) is 8.73. The Labute approximate surface area is 185 Å². The fourth-order valence-electron chi connectivity index (χ4n) is 4.41. The summed E-state index contributed by atoms with van der Waals surface area (Å²) in [5.41, 5.74) is 5.08. The summed E-state index contributed by atoms with van der Waals surface area (Å²) in [7, 11) is 0. The van der Waals surface area contributed by atoms with Crippen molar-refractivity contribution in [2.45, 2.75) is 32.0 Å². The van der Waals surface area contributed by atoms with Gasteiger partial charge in [-0.05, 0) is 59.7 Å². The molecule has 1 amide bonds. The molecule has 0 bridgehead atoms. The van der Waals surface area contributed by atoms with Crippen LogP contribution in [0.25, 0.3) is 10.9 Å². The number of hydrogen-bond donors (Lipinski definition) is 4. The maximum Gasteiger partial charge on any atom is 0.247 e. The van der Waals surface area contributed by atoms with Crippen molar-refractivity contribution in [1.82, 2.24) is 20.8 Å². The first kappa shape index (κ1) is 20.3. The number of halogens is 1. The first-order valence-corrected chi connectivity index (χ1v) is 11.1. The topological polar surface area (TPSA) is 91.1 Å². The molecule has 4 N–H and O–H groups in total. The molecule has 0 spiro atoms. The summed E-state index contributed by atoms with van der Waals surface area (Å²) in [6, 6.07) is 9.34. The van der Waals surface area contributed by atoms with Crippen LogP contribution in [0.4, 0.5) is 5.69 Å². The summed E-state index contributed by atoms with van der Waals surface area (Å²) >= 11 is 6.38. The van der Waals surface area contributed by atoms with E-state index < -0.39 is 6.04 Å². The van der Waals surface area contributed by atoms with Crippen molar-refractivity contribution in [3.63, 3.8) is 0 Å². The van der Waals surface area contributed by atoms with Gasteiger partial charge in [-0.15, -0.1) is 0 Å². The molecule has 0 saturated carbocycles. The standard InChI is InChI=1S/C23H26ClN5O2/c24-17-8-19(20-13-27-29-21(20)9-17)22(23(30)26-10-14-3-5-31-6-4-14)28-18-2-1-15-11-25-12-16(15)7-18/h1-2,7-9,13-14,22,25,28H,3-6,10-12H2,(H,26,30)(H,27,29)/t22-/m1/s1. The normalized spacial score (nSPS) is 17.5. The van der Waals surface area contributed by atoms with Gasteiger partial charge in [-0.3, -0.25) is 9.89 Å². The maximum absolute atomic E-state index is 13.4. The molecule has 1 atom stereocenters. The van der Waals surface area contributed by atoms with Crippen LogP contribution in [0.3, 0.4) is 0 Å². The number of nitrogens with one attached hydrogen (secondary N) is 4. The molecule has 5 rings (SSSR count). The number of fused-ring (bicyclic) bond motifs is 2. The number of H-pyrrole nitrogens is 1. The van der Waals surface area contributed by atoms with E-state index in [0.29, 0.717) is 17.5 Å². The van der Waals surface area contributed by atoms with Crippen LogP contribution in [0.1, 0.15) is 35.6 Å². The van der Waals surface area contributed by atoms with Crippen LogP contribution in [0.2, 0.25) is 5.02 Å². The number of carbonyl (C=O) groups excluding carboxylic acids is 1. The van der Waals surface area contributed by atoms with Crippen molar-refractivity contribution < 1.29 is 9.53 Å². The van der Waals surface area contributed by atoms with Gasteiger partial charge in [0.2, 0.25) is 5.91 Å². The Kier molecular flexibility index (Phi) is 5.80. The van der Waals surface area contributed by atoms with Crippen molar-refractivity contribution >= 4 is 34.1 Å². The Hall–Kier alpha value is -2.61. The second kappa shape index (κ2) is 8.86. The van der Waals surface area contributed by atoms with Crippen LogP contribution < -0.4 is 16.0 Å². The summed E-state index contributed by atoms with van der Waals surface area (Å²) in [4.78, 5) is 13.4. The van der Waals surface area contributed by atoms with Crippen LogP contribution in [-0.4, -0.2) is 35.9 Å². The van der Waals surface area contributed by atoms with Gasteiger partial charge in [0.1, 0.15) is 6.04 Å². The fraction of sp³-hybridized carbons (Fsp3) is 0.391. The lowest BCUT2D eigenvalue weighted by Crippen LogP contribution is -2.37. The average molecular weight is 440 g/mol. The van der Waals surface area contributed by atoms with Gasteiger partial charge in [0.25, 0.3) is 0 Å². The molecular weight excluding hydrogens is 414 g/mol. The van der Waals surface area contributed by atoms with Gasteiger partial charge in [-0.2, -0.15) is 5.10 Å². The van der Waals surface area contributed by atoms with E-state index in [1.54, 1.807) is 6.20 Å². The minimum Gasteiger partial charge on any atom is -0.381 e. The Morgan fingerprint density at radius 2 is 2.03 bits per heavy atom. The number of carbonyl (C=O) groups is 1. The summed E-state index contributed by atoms with van der Waals surface area (Å²) < 4.78 is 5.44. The molecule has 1 saturated heterocycles. The Morgan fingerprint density at radius 3 is 2.90 bits per heavy atom. The lowest BCUT2D eigenvalue weighted by atomic mass is 9.98. The number of aromatic nitrogens is 2. The Balaban J connectivity index is 1.44. The van der Waals surface area contributed by atoms with Gasteiger partial charge in [0.15, 0.2) is 0 Å². The number of nitrogens with zero attached hydrogens (tertiary/aromatic N) is 1. The van der Waals surface area contributed by atoms with Crippen LogP contribution in [0, 0.1) is 5.92 Å². The van der Waals surface area contributed by atoms with Crippen LogP contribution in [-0.2, 0) is 22.6 Å². The number of benzene rings is 2. The summed E-state index contributed by atoms with van der Waals surface area (Å²) in [6.07, 6.45) is 3.69. The molecule has 0 aliphatic carbocycles. The van der Waals surface area contributed by atoms with E-state index in [1.165, 1.54) is 11.1 Å². The minimum absolute atomic E-state index is 0.0742. The molecule has 2 aromatic carbocycles. The van der Waals surface area contributed by atoms with Gasteiger partial charge >= 0.3 is 0 Å². The summed E-state index contributed by atoms with van der Waals surface area (Å²) in [6.45, 7) is 3.89. The van der Waals surface area contributed by atoms with Crippen LogP contribution in [0.5, 0.6) is 0 Å². The van der Waals surface area contributed by atoms with E-state index in [2.05, 4.69) is 38.3 Å². The molecular formula is C23H26ClN5O2. The quantitative estimate of drug-likeness (QED) is 0.471. The molecule has 1 aromatic heterocycles. The number of rotatable bonds is 6. The number of ether oxygens (including phenoxy) is 1. The first-order valence-electron chi connectivity index (χ1n) is 10.7. The molecule has 2 aliphatic heterocycles. The molecule has 7 nitrogen and oxygen atoms in total. The van der Waals surface area contributed by atoms with E-state index in [-0.39, 0.29) is 5.91 Å². The van der Waals surface area contributed by atoms with Crippen molar-refractivity contribution in [3.8, 4) is 0 Å². The molecule has 1 fully saturated rings. The van der Waals surface area contributed by atoms with E-state index in [9.17, 15) is 4.79 Å². The number of anilines is 1. The zero-order valence-electron chi connectivity index (χ0n) is 17.2. The molecule has 8 heteroatoms. The highest BCUT2D eigenvalue weighted by molar-refractivity contribution is 6.31. The zero-order valence-corrected chi connectivity index (χ0v) is 18.0. The van der Waals surface area contributed by atoms with E-state index >= 15 is 0 Å². The molecule has 31 heavy (non-hydrogen) atoms. The second-order valence-electron chi connectivity index (χ2n) is 8.29. The molecule has 162 valence electrons. The predicted molar refractivity (Wildman–Crippen MR) is 121 cm³/mol. The van der Waals surface area contributed by atoms with E-state index in [1.807, 2.05) is 18.2 Å². The third kappa shape index (κ3) is 4.39. The molecule has 3 aromatic rings. The zero-order chi connectivity index (χ0) is 21.2. The first-order chi connectivity index (χ1) is 15.2. The van der Waals surface area contributed by atoms with Gasteiger partial charge in [-0.25, -0.2) is 0 Å². The Morgan fingerprint density at radius 1 is 1.19 bits per heavy atom. The van der Waals surface area contributed by atoms with Gasteiger partial charge < -0.3 is 20.7 Å². The van der Waals surface area contributed by atoms with Crippen molar-refractivity contribution in [2.24, 2.45) is 5.92 Å². The highest BCUT2D eigenvalue weighted by atomic mass is 35.5. The van der Waals surface area contributed by atoms with Gasteiger partial charge in [0.05, 0.1) is 11.7 Å². The number of hydrogen-bond acceptors (Lipinski definition) is 5. The third-order valence-corrected chi connectivity index (χ3v) is 6.40. The summed E-state index contributed by atoms with van der Waals surface area (Å²) in [5.74, 6) is 0.368. The number of aromatic amines is 1. The predicted octanol–water partition coefficient (Wildman–Crippen LogP) is 3.52. The lowest BCUT2D eigenvalue weighted by molar-refractivity contribution is -0.122. The number of amides is 1. The largest absolute Gasteiger partial charge is 0.381 e. The summed E-state index contributed by atoms with van der Waals surface area (Å²) in [5, 5.41) is 18.5. The van der Waals surface area contributed by atoms with Crippen molar-refractivity contribution in [3.05, 3.63) is 58.2 Å². The average Bonchev–Trinajstić information content (AvgIpc) is 3.45. The monoisotopic (exact) mass is 439 g/mol. The van der Waals surface area contributed by atoms with Crippen molar-refractivity contribution in [1.29, 1.82) is 0 Å². The van der Waals surface area contributed by atoms with E-state index in [4.69, 9.17) is 16.3 Å². The smallest absolute Gasteiger partial charge is 0.247 e. The lowest BCUT2D eigenvalue weighted by Gasteiger charge is -2.25. The minimum atomic E-state index is -0.592. The van der Waals surface area contributed by atoms with E-state index in [0.717, 1.165) is 61.3 Å². The fourth-order valence-corrected chi connectivity index (χ4v) is 4.64. The molecule has 0 unspecified atom stereocenters. The van der Waals surface area contributed by atoms with Crippen LogP contribution >= 0.6 is 11.6 Å². The molecule has 3 heterocycles. The molecule has 0 radical (unpaired) electrons. The van der Waals surface area contributed by atoms with Crippen LogP contribution in [0.15, 0.2) is 36.5 Å². The Bertz CT molecular complexity index is 1090. The third-order valence-electron chi connectivity index (χ3n) is 6.18. The van der Waals surface area contributed by atoms with Gasteiger partial charge in [0, 0.05) is 48.9 Å². The highest BCUT2D eigenvalue weighted by Crippen LogP contribution is 2.31. The molecule has 2 aliphatic rings. The maximum atomic E-state index is 13.4.